The van der Waals surface area contributed by atoms with Crippen LogP contribution in [0, 0.1) is 5.92 Å². The fourth-order valence-electron chi connectivity index (χ4n) is 3.50. The van der Waals surface area contributed by atoms with Gasteiger partial charge in [-0.2, -0.15) is 0 Å². The molecule has 1 atom stereocenters. The van der Waals surface area contributed by atoms with Gasteiger partial charge in [-0.05, 0) is 31.9 Å². The second-order valence-electron chi connectivity index (χ2n) is 5.77. The Kier molecular flexibility index (Phi) is 4.01. The van der Waals surface area contributed by atoms with Crippen molar-refractivity contribution in [3.8, 4) is 0 Å². The lowest BCUT2D eigenvalue weighted by Crippen LogP contribution is -2.35. The normalized spacial score (nSPS) is 23.7. The maximum absolute atomic E-state index is 12.7. The van der Waals surface area contributed by atoms with Crippen molar-refractivity contribution in [3.05, 3.63) is 5.82 Å². The van der Waals surface area contributed by atoms with E-state index in [2.05, 4.69) is 15.1 Å². The molecule has 110 valence electrons. The Bertz CT molecular complexity index is 495. The van der Waals surface area contributed by atoms with Crippen LogP contribution in [0.4, 0.5) is 0 Å². The lowest BCUT2D eigenvalue weighted by atomic mass is 10.1. The molecule has 0 bridgehead atoms. The summed E-state index contributed by atoms with van der Waals surface area (Å²) in [5.41, 5.74) is 0. The number of hydrogen-bond donors (Lipinski definition) is 0. The number of likely N-dealkylation sites (tertiary alicyclic amines) is 1. The van der Waals surface area contributed by atoms with Crippen LogP contribution in [0.2, 0.25) is 0 Å². The van der Waals surface area contributed by atoms with E-state index in [0.717, 1.165) is 43.2 Å². The van der Waals surface area contributed by atoms with Crippen molar-refractivity contribution in [3.63, 3.8) is 0 Å². The van der Waals surface area contributed by atoms with Gasteiger partial charge in [-0.3, -0.25) is 4.79 Å². The summed E-state index contributed by atoms with van der Waals surface area (Å²) >= 11 is 1.60. The molecule has 1 unspecified atom stereocenters. The summed E-state index contributed by atoms with van der Waals surface area (Å²) in [5.74, 6) is 1.54. The molecular weight excluding hydrogens is 272 g/mol. The van der Waals surface area contributed by atoms with Gasteiger partial charge in [0.1, 0.15) is 0 Å². The van der Waals surface area contributed by atoms with Gasteiger partial charge in [-0.15, -0.1) is 10.2 Å². The molecule has 0 radical (unpaired) electrons. The van der Waals surface area contributed by atoms with E-state index in [1.165, 1.54) is 12.8 Å². The average Bonchev–Trinajstić information content (AvgIpc) is 3.18. The Morgan fingerprint density at radius 3 is 2.60 bits per heavy atom. The van der Waals surface area contributed by atoms with Crippen LogP contribution < -0.4 is 0 Å². The highest BCUT2D eigenvalue weighted by molar-refractivity contribution is 7.98. The molecule has 0 spiro atoms. The maximum Gasteiger partial charge on any atom is 0.226 e. The Balaban J connectivity index is 1.81. The molecule has 1 saturated heterocycles. The molecule has 1 saturated carbocycles. The van der Waals surface area contributed by atoms with Gasteiger partial charge >= 0.3 is 0 Å². The minimum absolute atomic E-state index is 0.126. The fraction of sp³-hybridized carbons (Fsp3) is 0.786. The Labute approximate surface area is 124 Å². The minimum Gasteiger partial charge on any atom is -0.332 e. The number of aromatic nitrogens is 3. The number of thioether (sulfide) groups is 1. The molecule has 2 heterocycles. The van der Waals surface area contributed by atoms with Crippen LogP contribution in [0.25, 0.3) is 0 Å². The van der Waals surface area contributed by atoms with Gasteiger partial charge in [0.15, 0.2) is 11.0 Å². The summed E-state index contributed by atoms with van der Waals surface area (Å²) in [7, 11) is 2.00. The number of rotatable bonds is 3. The molecule has 20 heavy (non-hydrogen) atoms. The van der Waals surface area contributed by atoms with Crippen molar-refractivity contribution in [2.45, 2.75) is 49.7 Å². The van der Waals surface area contributed by atoms with Crippen LogP contribution in [0.5, 0.6) is 0 Å². The molecule has 5 nitrogen and oxygen atoms in total. The van der Waals surface area contributed by atoms with E-state index in [1.54, 1.807) is 11.8 Å². The molecule has 6 heteroatoms. The molecule has 0 N–H and O–H groups in total. The fourth-order valence-corrected chi connectivity index (χ4v) is 3.99. The quantitative estimate of drug-likeness (QED) is 0.803. The van der Waals surface area contributed by atoms with E-state index in [1.807, 2.05) is 17.9 Å². The second-order valence-corrected chi connectivity index (χ2v) is 6.55. The van der Waals surface area contributed by atoms with Crippen molar-refractivity contribution < 1.29 is 4.79 Å². The van der Waals surface area contributed by atoms with E-state index < -0.39 is 0 Å². The summed E-state index contributed by atoms with van der Waals surface area (Å²) < 4.78 is 2.04. The van der Waals surface area contributed by atoms with Crippen molar-refractivity contribution in [1.29, 1.82) is 0 Å². The third kappa shape index (κ3) is 2.34. The first kappa shape index (κ1) is 13.9. The van der Waals surface area contributed by atoms with E-state index in [9.17, 15) is 4.79 Å². The van der Waals surface area contributed by atoms with Crippen LogP contribution in [0.1, 0.15) is 50.4 Å². The van der Waals surface area contributed by atoms with E-state index in [4.69, 9.17) is 0 Å². The molecule has 1 aliphatic carbocycles. The SMILES string of the molecule is CSc1nnc(C2CCCN2C(=O)C2CCCC2)n1C. The maximum atomic E-state index is 12.7. The molecule has 1 aliphatic heterocycles. The predicted octanol–water partition coefficient (Wildman–Crippen LogP) is 2.39. The number of hydrogen-bond acceptors (Lipinski definition) is 4. The van der Waals surface area contributed by atoms with Crippen LogP contribution >= 0.6 is 11.8 Å². The zero-order valence-electron chi connectivity index (χ0n) is 12.2. The zero-order chi connectivity index (χ0) is 14.1. The van der Waals surface area contributed by atoms with Crippen LogP contribution in [-0.4, -0.2) is 38.4 Å². The Hall–Kier alpha value is -1.04. The van der Waals surface area contributed by atoms with Crippen molar-refractivity contribution in [2.75, 3.05) is 12.8 Å². The molecule has 1 aromatic rings. The molecule has 2 fully saturated rings. The van der Waals surface area contributed by atoms with Crippen LogP contribution in [0.15, 0.2) is 5.16 Å². The molecule has 0 aromatic carbocycles. The summed E-state index contributed by atoms with van der Waals surface area (Å²) in [6, 6.07) is 0.126. The van der Waals surface area contributed by atoms with Gasteiger partial charge in [0, 0.05) is 19.5 Å². The van der Waals surface area contributed by atoms with Gasteiger partial charge < -0.3 is 9.47 Å². The van der Waals surface area contributed by atoms with Gasteiger partial charge in [0.05, 0.1) is 6.04 Å². The second kappa shape index (κ2) is 5.76. The highest BCUT2D eigenvalue weighted by Gasteiger charge is 2.37. The average molecular weight is 294 g/mol. The Morgan fingerprint density at radius 2 is 1.95 bits per heavy atom. The smallest absolute Gasteiger partial charge is 0.226 e. The molecule has 2 aliphatic rings. The third-order valence-corrected chi connectivity index (χ3v) is 5.31. The first-order valence-corrected chi connectivity index (χ1v) is 8.68. The van der Waals surface area contributed by atoms with Gasteiger partial charge in [0.2, 0.25) is 5.91 Å². The zero-order valence-corrected chi connectivity index (χ0v) is 13.0. The van der Waals surface area contributed by atoms with Gasteiger partial charge in [0.25, 0.3) is 0 Å². The van der Waals surface area contributed by atoms with Gasteiger partial charge in [-0.25, -0.2) is 0 Å². The summed E-state index contributed by atoms with van der Waals surface area (Å²) in [6.07, 6.45) is 8.63. The number of carbonyl (C=O) groups is 1. The largest absolute Gasteiger partial charge is 0.332 e. The first-order chi connectivity index (χ1) is 9.72. The molecule has 1 amide bonds. The number of amides is 1. The van der Waals surface area contributed by atoms with Crippen molar-refractivity contribution in [1.82, 2.24) is 19.7 Å². The van der Waals surface area contributed by atoms with E-state index in [-0.39, 0.29) is 12.0 Å². The summed E-state index contributed by atoms with van der Waals surface area (Å²) in [6.45, 7) is 0.876. The van der Waals surface area contributed by atoms with Crippen molar-refractivity contribution in [2.24, 2.45) is 13.0 Å². The highest BCUT2D eigenvalue weighted by atomic mass is 32.2. The predicted molar refractivity (Wildman–Crippen MR) is 78.4 cm³/mol. The van der Waals surface area contributed by atoms with E-state index in [0.29, 0.717) is 5.91 Å². The summed E-state index contributed by atoms with van der Waals surface area (Å²) in [4.78, 5) is 14.7. The molecular formula is C14H22N4OS. The topological polar surface area (TPSA) is 51.0 Å². The first-order valence-electron chi connectivity index (χ1n) is 7.46. The Morgan fingerprint density at radius 1 is 1.20 bits per heavy atom. The monoisotopic (exact) mass is 294 g/mol. The third-order valence-electron chi connectivity index (χ3n) is 4.59. The minimum atomic E-state index is 0.126. The lowest BCUT2D eigenvalue weighted by molar-refractivity contribution is -0.136. The van der Waals surface area contributed by atoms with Crippen LogP contribution in [-0.2, 0) is 11.8 Å². The lowest BCUT2D eigenvalue weighted by Gasteiger charge is -2.26. The summed E-state index contributed by atoms with van der Waals surface area (Å²) in [5, 5.41) is 9.45. The number of carbonyl (C=O) groups excluding carboxylic acids is 1. The molecule has 1 aromatic heterocycles. The molecule has 3 rings (SSSR count). The van der Waals surface area contributed by atoms with Crippen molar-refractivity contribution >= 4 is 17.7 Å². The van der Waals surface area contributed by atoms with Crippen LogP contribution in [0.3, 0.4) is 0 Å². The van der Waals surface area contributed by atoms with Gasteiger partial charge in [-0.1, -0.05) is 24.6 Å². The standard InChI is InChI=1S/C14H22N4OS/c1-17-12(15-16-14(17)20-2)11-8-5-9-18(11)13(19)10-6-3-4-7-10/h10-11H,3-9H2,1-2H3. The van der Waals surface area contributed by atoms with E-state index >= 15 is 0 Å². The highest BCUT2D eigenvalue weighted by Crippen LogP contribution is 2.36. The number of nitrogens with zero attached hydrogens (tertiary/aromatic N) is 4.